The zero-order chi connectivity index (χ0) is 23.9. The number of halogens is 1. The molecule has 168 valence electrons. The third-order valence-corrected chi connectivity index (χ3v) is 6.31. The highest BCUT2D eigenvalue weighted by molar-refractivity contribution is 6.46. The Bertz CT molecular complexity index is 1270. The second kappa shape index (κ2) is 8.53. The standard InChI is InChI=1S/C28H27ClN2O2/c1-17-7-6-8-23(18(17)2)31-26(32)24(19-9-13-21(29)14-10-19)25(27(31)33)30-22-15-11-20(12-16-22)28(3,4)5/h6-16,30H,1-5H3. The van der Waals surface area contributed by atoms with Crippen LogP contribution in [0.3, 0.4) is 0 Å². The summed E-state index contributed by atoms with van der Waals surface area (Å²) in [4.78, 5) is 28.5. The summed E-state index contributed by atoms with van der Waals surface area (Å²) in [7, 11) is 0. The minimum atomic E-state index is -0.376. The van der Waals surface area contributed by atoms with Gasteiger partial charge in [-0.3, -0.25) is 9.59 Å². The maximum atomic E-state index is 13.6. The zero-order valence-electron chi connectivity index (χ0n) is 19.5. The van der Waals surface area contributed by atoms with Crippen molar-refractivity contribution in [2.45, 2.75) is 40.0 Å². The fourth-order valence-electron chi connectivity index (χ4n) is 3.92. The van der Waals surface area contributed by atoms with E-state index in [0.29, 0.717) is 21.8 Å². The molecule has 1 N–H and O–H groups in total. The van der Waals surface area contributed by atoms with Gasteiger partial charge in [-0.25, -0.2) is 4.90 Å². The Kier molecular flexibility index (Phi) is 5.89. The number of imide groups is 1. The fourth-order valence-corrected chi connectivity index (χ4v) is 4.05. The molecule has 0 aromatic heterocycles. The largest absolute Gasteiger partial charge is 0.350 e. The number of nitrogens with zero attached hydrogens (tertiary/aromatic N) is 1. The summed E-state index contributed by atoms with van der Waals surface area (Å²) in [5.74, 6) is -0.733. The number of carbonyl (C=O) groups excluding carboxylic acids is 2. The molecule has 5 heteroatoms. The van der Waals surface area contributed by atoms with Crippen LogP contribution in [0, 0.1) is 13.8 Å². The number of aryl methyl sites for hydroxylation is 1. The van der Waals surface area contributed by atoms with Crippen molar-refractivity contribution in [2.75, 3.05) is 10.2 Å². The molecule has 0 saturated heterocycles. The van der Waals surface area contributed by atoms with Crippen LogP contribution in [0.5, 0.6) is 0 Å². The molecule has 0 atom stereocenters. The highest BCUT2D eigenvalue weighted by atomic mass is 35.5. The van der Waals surface area contributed by atoms with Gasteiger partial charge in [0.25, 0.3) is 11.8 Å². The molecular weight excluding hydrogens is 432 g/mol. The lowest BCUT2D eigenvalue weighted by atomic mass is 9.87. The van der Waals surface area contributed by atoms with Crippen LogP contribution < -0.4 is 10.2 Å². The molecule has 0 saturated carbocycles. The van der Waals surface area contributed by atoms with E-state index in [1.165, 1.54) is 10.5 Å². The highest BCUT2D eigenvalue weighted by Gasteiger charge is 2.41. The van der Waals surface area contributed by atoms with E-state index in [9.17, 15) is 9.59 Å². The van der Waals surface area contributed by atoms with Crippen LogP contribution in [-0.4, -0.2) is 11.8 Å². The molecule has 1 heterocycles. The first kappa shape index (κ1) is 22.8. The first-order chi connectivity index (χ1) is 15.6. The Balaban J connectivity index is 1.80. The summed E-state index contributed by atoms with van der Waals surface area (Å²) in [6.45, 7) is 10.3. The van der Waals surface area contributed by atoms with Crippen molar-refractivity contribution in [3.63, 3.8) is 0 Å². The molecule has 3 aromatic rings. The van der Waals surface area contributed by atoms with Gasteiger partial charge in [0.05, 0.1) is 11.3 Å². The van der Waals surface area contributed by atoms with E-state index >= 15 is 0 Å². The Morgan fingerprint density at radius 1 is 0.818 bits per heavy atom. The smallest absolute Gasteiger partial charge is 0.282 e. The van der Waals surface area contributed by atoms with Crippen molar-refractivity contribution in [1.82, 2.24) is 0 Å². The summed E-state index contributed by atoms with van der Waals surface area (Å²) < 4.78 is 0. The number of benzene rings is 3. The number of hydrogen-bond acceptors (Lipinski definition) is 3. The van der Waals surface area contributed by atoms with E-state index in [0.717, 1.165) is 16.8 Å². The number of nitrogens with one attached hydrogen (secondary N) is 1. The van der Waals surface area contributed by atoms with Crippen LogP contribution in [0.1, 0.15) is 43.0 Å². The second-order valence-electron chi connectivity index (χ2n) is 9.37. The molecule has 1 aliphatic rings. The lowest BCUT2D eigenvalue weighted by Crippen LogP contribution is -2.33. The van der Waals surface area contributed by atoms with Gasteiger partial charge in [-0.05, 0) is 71.8 Å². The van der Waals surface area contributed by atoms with Crippen LogP contribution in [0.2, 0.25) is 5.02 Å². The quantitative estimate of drug-likeness (QED) is 0.445. The number of carbonyl (C=O) groups is 2. The third-order valence-electron chi connectivity index (χ3n) is 6.05. The van der Waals surface area contributed by atoms with Gasteiger partial charge in [-0.2, -0.15) is 0 Å². The van der Waals surface area contributed by atoms with Crippen LogP contribution in [-0.2, 0) is 15.0 Å². The maximum absolute atomic E-state index is 13.6. The molecule has 1 aliphatic heterocycles. The SMILES string of the molecule is Cc1cccc(N2C(=O)C(Nc3ccc(C(C)(C)C)cc3)=C(c3ccc(Cl)cc3)C2=O)c1C. The van der Waals surface area contributed by atoms with E-state index < -0.39 is 0 Å². The molecule has 0 aliphatic carbocycles. The molecule has 0 radical (unpaired) electrons. The summed E-state index contributed by atoms with van der Waals surface area (Å²) >= 11 is 6.07. The van der Waals surface area contributed by atoms with Crippen molar-refractivity contribution in [1.29, 1.82) is 0 Å². The Morgan fingerprint density at radius 2 is 1.45 bits per heavy atom. The van der Waals surface area contributed by atoms with Crippen molar-refractivity contribution >= 4 is 40.4 Å². The zero-order valence-corrected chi connectivity index (χ0v) is 20.2. The van der Waals surface area contributed by atoms with E-state index in [4.69, 9.17) is 11.6 Å². The average molecular weight is 459 g/mol. The van der Waals surface area contributed by atoms with Crippen LogP contribution in [0.25, 0.3) is 5.57 Å². The Hall–Kier alpha value is -3.37. The normalized spacial score (nSPS) is 14.3. The number of rotatable bonds is 4. The van der Waals surface area contributed by atoms with Gasteiger partial charge >= 0.3 is 0 Å². The fraction of sp³-hybridized carbons (Fsp3) is 0.214. The first-order valence-electron chi connectivity index (χ1n) is 10.9. The summed E-state index contributed by atoms with van der Waals surface area (Å²) in [6.07, 6.45) is 0. The summed E-state index contributed by atoms with van der Waals surface area (Å²) in [5, 5.41) is 3.80. The predicted molar refractivity (Wildman–Crippen MR) is 136 cm³/mol. The molecule has 0 unspecified atom stereocenters. The second-order valence-corrected chi connectivity index (χ2v) is 9.81. The minimum Gasteiger partial charge on any atom is -0.350 e. The molecule has 2 amide bonds. The Labute approximate surface area is 199 Å². The van der Waals surface area contributed by atoms with Crippen LogP contribution in [0.4, 0.5) is 11.4 Å². The van der Waals surface area contributed by atoms with Crippen molar-refractivity contribution in [3.8, 4) is 0 Å². The highest BCUT2D eigenvalue weighted by Crippen LogP contribution is 2.36. The van der Waals surface area contributed by atoms with Gasteiger partial charge < -0.3 is 5.32 Å². The number of anilines is 2. The lowest BCUT2D eigenvalue weighted by Gasteiger charge is -2.20. The van der Waals surface area contributed by atoms with Gasteiger partial charge in [0.2, 0.25) is 0 Å². The molecule has 0 bridgehead atoms. The molecule has 33 heavy (non-hydrogen) atoms. The third kappa shape index (κ3) is 4.31. The van der Waals surface area contributed by atoms with Crippen molar-refractivity contribution < 1.29 is 9.59 Å². The number of hydrogen-bond donors (Lipinski definition) is 1. The van der Waals surface area contributed by atoms with Crippen molar-refractivity contribution in [3.05, 3.63) is 99.7 Å². The summed E-state index contributed by atoms with van der Waals surface area (Å²) in [5.41, 5.74) is 5.68. The van der Waals surface area contributed by atoms with Gasteiger partial charge in [0.1, 0.15) is 5.70 Å². The molecular formula is C28H27ClN2O2. The maximum Gasteiger partial charge on any atom is 0.282 e. The van der Waals surface area contributed by atoms with Crippen LogP contribution in [0.15, 0.2) is 72.4 Å². The molecule has 3 aromatic carbocycles. The molecule has 4 rings (SSSR count). The van der Waals surface area contributed by atoms with E-state index in [2.05, 4.69) is 26.1 Å². The van der Waals surface area contributed by atoms with Gasteiger partial charge in [-0.15, -0.1) is 0 Å². The minimum absolute atomic E-state index is 0.0188. The van der Waals surface area contributed by atoms with Crippen LogP contribution >= 0.6 is 11.6 Å². The van der Waals surface area contributed by atoms with Gasteiger partial charge in [0, 0.05) is 10.7 Å². The van der Waals surface area contributed by atoms with Gasteiger partial charge in [0.15, 0.2) is 0 Å². The monoisotopic (exact) mass is 458 g/mol. The topological polar surface area (TPSA) is 49.4 Å². The average Bonchev–Trinajstić information content (AvgIpc) is 3.00. The molecule has 0 fully saturated rings. The number of amides is 2. The predicted octanol–water partition coefficient (Wildman–Crippen LogP) is 6.65. The van der Waals surface area contributed by atoms with E-state index in [1.54, 1.807) is 30.3 Å². The van der Waals surface area contributed by atoms with E-state index in [1.807, 2.05) is 50.2 Å². The van der Waals surface area contributed by atoms with E-state index in [-0.39, 0.29) is 22.9 Å². The Morgan fingerprint density at radius 3 is 2.06 bits per heavy atom. The lowest BCUT2D eigenvalue weighted by molar-refractivity contribution is -0.120. The van der Waals surface area contributed by atoms with Crippen molar-refractivity contribution in [2.24, 2.45) is 0 Å². The molecule has 4 nitrogen and oxygen atoms in total. The summed E-state index contributed by atoms with van der Waals surface area (Å²) in [6, 6.07) is 20.5. The first-order valence-corrected chi connectivity index (χ1v) is 11.3. The van der Waals surface area contributed by atoms with Gasteiger partial charge in [-0.1, -0.05) is 68.8 Å². The molecule has 0 spiro atoms.